The highest BCUT2D eigenvalue weighted by Crippen LogP contribution is 2.56. The van der Waals surface area contributed by atoms with Crippen molar-refractivity contribution < 1.29 is 4.79 Å². The number of amides is 1. The minimum Gasteiger partial charge on any atom is -0.342 e. The number of hydrogen-bond acceptors (Lipinski definition) is 1. The highest BCUT2D eigenvalue weighted by Gasteiger charge is 2.53. The van der Waals surface area contributed by atoms with Gasteiger partial charge in [0.15, 0.2) is 0 Å². The largest absolute Gasteiger partial charge is 0.342 e. The lowest BCUT2D eigenvalue weighted by Gasteiger charge is -2.56. The van der Waals surface area contributed by atoms with E-state index in [1.165, 1.54) is 32.1 Å². The van der Waals surface area contributed by atoms with E-state index in [0.29, 0.717) is 17.9 Å². The van der Waals surface area contributed by atoms with E-state index in [1.807, 2.05) is 18.2 Å². The van der Waals surface area contributed by atoms with Crippen LogP contribution < -0.4 is 0 Å². The molecule has 24 heavy (non-hydrogen) atoms. The van der Waals surface area contributed by atoms with Gasteiger partial charge in [0.25, 0.3) is 0 Å². The van der Waals surface area contributed by atoms with E-state index in [4.69, 9.17) is 11.6 Å². The quantitative estimate of drug-likeness (QED) is 0.777. The summed E-state index contributed by atoms with van der Waals surface area (Å²) in [7, 11) is 2.08. The molecule has 128 valence electrons. The van der Waals surface area contributed by atoms with Crippen molar-refractivity contribution in [3.05, 3.63) is 34.9 Å². The number of nitrogens with zero attached hydrogens (tertiary/aromatic N) is 1. The Kier molecular flexibility index (Phi) is 3.49. The Bertz CT molecular complexity index is 644. The molecule has 2 nitrogen and oxygen atoms in total. The van der Waals surface area contributed by atoms with Gasteiger partial charge in [-0.1, -0.05) is 29.8 Å². The van der Waals surface area contributed by atoms with E-state index in [1.54, 1.807) is 0 Å². The minimum atomic E-state index is 0.159. The molecule has 1 aromatic rings. The number of carbonyl (C=O) groups excluding carboxylic acids is 1. The summed E-state index contributed by atoms with van der Waals surface area (Å²) < 4.78 is 0. The first-order valence-corrected chi connectivity index (χ1v) is 10.0. The van der Waals surface area contributed by atoms with E-state index in [0.717, 1.165) is 40.7 Å². The maximum absolute atomic E-state index is 13.1. The number of hydrogen-bond donors (Lipinski definition) is 0. The van der Waals surface area contributed by atoms with Crippen LogP contribution in [0.4, 0.5) is 0 Å². The van der Waals surface area contributed by atoms with Crippen molar-refractivity contribution in [1.29, 1.82) is 0 Å². The first-order valence-electron chi connectivity index (χ1n) is 9.63. The zero-order valence-electron chi connectivity index (χ0n) is 14.3. The van der Waals surface area contributed by atoms with E-state index in [9.17, 15) is 4.79 Å². The minimum absolute atomic E-state index is 0.159. The van der Waals surface area contributed by atoms with Crippen molar-refractivity contribution >= 4 is 17.5 Å². The molecule has 0 aromatic heterocycles. The maximum Gasteiger partial charge on any atom is 0.226 e. The average Bonchev–Trinajstić information content (AvgIpc) is 3.34. The molecule has 0 saturated heterocycles. The normalized spacial score (nSPS) is 42.2. The van der Waals surface area contributed by atoms with Crippen LogP contribution in [0.2, 0.25) is 5.02 Å². The fourth-order valence-electron chi connectivity index (χ4n) is 6.52. The van der Waals surface area contributed by atoms with Gasteiger partial charge in [0, 0.05) is 24.0 Å². The lowest BCUT2D eigenvalue weighted by atomic mass is 9.54. The van der Waals surface area contributed by atoms with Gasteiger partial charge >= 0.3 is 0 Å². The van der Waals surface area contributed by atoms with E-state index < -0.39 is 0 Å². The highest BCUT2D eigenvalue weighted by molar-refractivity contribution is 6.31. The summed E-state index contributed by atoms with van der Waals surface area (Å²) in [5.74, 6) is 4.34. The number of carbonyl (C=O) groups is 1. The van der Waals surface area contributed by atoms with Crippen LogP contribution in [0.5, 0.6) is 0 Å². The SMILES string of the molecule is CN(C(=O)C1CC1c1ccccc1Cl)C1C2CC3CC(C2)CC1C3. The van der Waals surface area contributed by atoms with Gasteiger partial charge in [0.1, 0.15) is 0 Å². The summed E-state index contributed by atoms with van der Waals surface area (Å²) in [5.41, 5.74) is 1.16. The summed E-state index contributed by atoms with van der Waals surface area (Å²) in [6.45, 7) is 0. The summed E-state index contributed by atoms with van der Waals surface area (Å²) in [6, 6.07) is 8.54. The van der Waals surface area contributed by atoms with Crippen molar-refractivity contribution in [3.8, 4) is 0 Å². The monoisotopic (exact) mass is 343 g/mol. The molecule has 0 spiro atoms. The van der Waals surface area contributed by atoms with Crippen molar-refractivity contribution in [2.45, 2.75) is 50.5 Å². The molecule has 0 radical (unpaired) electrons. The third-order valence-electron chi connectivity index (χ3n) is 7.38. The van der Waals surface area contributed by atoms with Gasteiger partial charge in [-0.2, -0.15) is 0 Å². The summed E-state index contributed by atoms with van der Waals surface area (Å²) >= 11 is 6.33. The molecule has 0 aliphatic heterocycles. The van der Waals surface area contributed by atoms with Crippen molar-refractivity contribution in [2.24, 2.45) is 29.6 Å². The molecule has 0 N–H and O–H groups in total. The van der Waals surface area contributed by atoms with Crippen LogP contribution in [0.25, 0.3) is 0 Å². The predicted molar refractivity (Wildman–Crippen MR) is 95.9 cm³/mol. The first kappa shape index (κ1) is 15.3. The van der Waals surface area contributed by atoms with Crippen LogP contribution in [0.1, 0.15) is 50.0 Å². The molecule has 0 heterocycles. The topological polar surface area (TPSA) is 20.3 Å². The number of halogens is 1. The molecule has 5 fully saturated rings. The predicted octanol–water partition coefficient (Wildman–Crippen LogP) is 4.73. The van der Waals surface area contributed by atoms with Crippen molar-refractivity contribution in [2.75, 3.05) is 7.05 Å². The van der Waals surface area contributed by atoms with E-state index in [-0.39, 0.29) is 5.92 Å². The second-order valence-electron chi connectivity index (χ2n) is 8.84. The van der Waals surface area contributed by atoms with Crippen LogP contribution in [0.15, 0.2) is 24.3 Å². The van der Waals surface area contributed by atoms with Gasteiger partial charge in [-0.15, -0.1) is 0 Å². The zero-order chi connectivity index (χ0) is 16.4. The van der Waals surface area contributed by atoms with Gasteiger partial charge in [0.2, 0.25) is 5.91 Å². The molecular formula is C21H26ClNO. The Labute approximate surface area is 149 Å². The van der Waals surface area contributed by atoms with Crippen LogP contribution in [-0.4, -0.2) is 23.9 Å². The average molecular weight is 344 g/mol. The Morgan fingerprint density at radius 2 is 1.62 bits per heavy atom. The number of benzene rings is 1. The Hall–Kier alpha value is -1.02. The lowest BCUT2D eigenvalue weighted by Crippen LogP contribution is -2.56. The molecule has 2 unspecified atom stereocenters. The van der Waals surface area contributed by atoms with Gasteiger partial charge < -0.3 is 4.90 Å². The van der Waals surface area contributed by atoms with Crippen molar-refractivity contribution in [3.63, 3.8) is 0 Å². The molecule has 5 aliphatic carbocycles. The van der Waals surface area contributed by atoms with Crippen LogP contribution in [-0.2, 0) is 4.79 Å². The molecule has 3 heteroatoms. The highest BCUT2D eigenvalue weighted by atomic mass is 35.5. The zero-order valence-corrected chi connectivity index (χ0v) is 15.1. The number of rotatable bonds is 3. The molecule has 5 aliphatic rings. The summed E-state index contributed by atoms with van der Waals surface area (Å²) in [5, 5.41) is 0.815. The summed E-state index contributed by atoms with van der Waals surface area (Å²) in [4.78, 5) is 15.3. The third kappa shape index (κ3) is 2.33. The molecule has 4 bridgehead atoms. The second kappa shape index (κ2) is 5.49. The van der Waals surface area contributed by atoms with E-state index >= 15 is 0 Å². The van der Waals surface area contributed by atoms with E-state index in [2.05, 4.69) is 18.0 Å². The Morgan fingerprint density at radius 1 is 1.00 bits per heavy atom. The maximum atomic E-state index is 13.1. The Balaban J connectivity index is 1.31. The van der Waals surface area contributed by atoms with Gasteiger partial charge in [0.05, 0.1) is 0 Å². The molecule has 5 saturated carbocycles. The summed E-state index contributed by atoms with van der Waals surface area (Å²) in [6.07, 6.45) is 7.92. The van der Waals surface area contributed by atoms with Crippen LogP contribution in [0.3, 0.4) is 0 Å². The standard InChI is InChI=1S/C21H26ClNO/c1-23(20-14-7-12-6-13(9-14)10-15(20)8-12)21(24)18-11-17(18)16-4-2-3-5-19(16)22/h2-5,12-15,17-18,20H,6-11H2,1H3. The molecule has 1 amide bonds. The molecule has 6 rings (SSSR count). The second-order valence-corrected chi connectivity index (χ2v) is 9.25. The van der Waals surface area contributed by atoms with Gasteiger partial charge in [-0.3, -0.25) is 4.79 Å². The van der Waals surface area contributed by atoms with Crippen molar-refractivity contribution in [1.82, 2.24) is 4.90 Å². The fraction of sp³-hybridized carbons (Fsp3) is 0.667. The van der Waals surface area contributed by atoms with Gasteiger partial charge in [-0.05, 0) is 79.7 Å². The van der Waals surface area contributed by atoms with Crippen LogP contribution >= 0.6 is 11.6 Å². The fourth-order valence-corrected chi connectivity index (χ4v) is 6.80. The third-order valence-corrected chi connectivity index (χ3v) is 7.73. The smallest absolute Gasteiger partial charge is 0.226 e. The first-order chi connectivity index (χ1) is 11.6. The molecular weight excluding hydrogens is 318 g/mol. The van der Waals surface area contributed by atoms with Crippen LogP contribution in [0, 0.1) is 29.6 Å². The molecule has 1 aromatic carbocycles. The van der Waals surface area contributed by atoms with Gasteiger partial charge in [-0.25, -0.2) is 0 Å². The Morgan fingerprint density at radius 3 is 2.25 bits per heavy atom. The molecule has 2 atom stereocenters. The lowest BCUT2D eigenvalue weighted by molar-refractivity contribution is -0.142.